The Morgan fingerprint density at radius 2 is 1.15 bits per heavy atom. The van der Waals surface area contributed by atoms with Gasteiger partial charge in [-0.3, -0.25) is 0 Å². The summed E-state index contributed by atoms with van der Waals surface area (Å²) in [6.45, 7) is -1.10. The number of thioether (sulfide) groups is 1. The van der Waals surface area contributed by atoms with E-state index in [1.807, 2.05) is 33.7 Å². The summed E-state index contributed by atoms with van der Waals surface area (Å²) in [5.41, 5.74) is 0.532. The van der Waals surface area contributed by atoms with Gasteiger partial charge in [0.1, 0.15) is 71.0 Å². The van der Waals surface area contributed by atoms with E-state index < -0.39 is 72.8 Å². The second kappa shape index (κ2) is 12.1. The number of aromatic nitrogens is 6. The van der Waals surface area contributed by atoms with Gasteiger partial charge >= 0.3 is 0 Å². The van der Waals surface area contributed by atoms with E-state index in [2.05, 4.69) is 20.6 Å². The molecule has 2 aliphatic heterocycles. The summed E-state index contributed by atoms with van der Waals surface area (Å²) in [5, 5.41) is 88.6. The fourth-order valence-corrected chi connectivity index (χ4v) is 7.67. The van der Waals surface area contributed by atoms with Gasteiger partial charge in [-0.1, -0.05) is 22.2 Å². The van der Waals surface area contributed by atoms with Crippen molar-refractivity contribution < 1.29 is 40.1 Å². The van der Waals surface area contributed by atoms with Crippen LogP contribution in [0.2, 0.25) is 0 Å². The molecule has 0 radical (unpaired) electrons. The monoisotopic (exact) mass is 624 g/mol. The number of hydrogen-bond donors (Lipinski definition) is 6. The van der Waals surface area contributed by atoms with Crippen molar-refractivity contribution in [2.75, 3.05) is 13.2 Å². The molecule has 17 heteroatoms. The van der Waals surface area contributed by atoms with Crippen molar-refractivity contribution in [2.24, 2.45) is 0 Å². The third-order valence-electron chi connectivity index (χ3n) is 7.23. The van der Waals surface area contributed by atoms with Crippen LogP contribution < -0.4 is 0 Å². The number of hydrogen-bond acceptors (Lipinski definition) is 15. The highest BCUT2D eigenvalue weighted by Gasteiger charge is 2.51. The average molecular weight is 625 g/mol. The molecule has 2 aliphatic rings. The molecule has 0 aromatic carbocycles. The first-order chi connectivity index (χ1) is 19.9. The lowest BCUT2D eigenvalue weighted by atomic mass is 9.97. The van der Waals surface area contributed by atoms with Gasteiger partial charge in [0.05, 0.1) is 25.6 Å². The van der Waals surface area contributed by atoms with Gasteiger partial charge in [-0.15, -0.1) is 10.2 Å². The highest BCUT2D eigenvalue weighted by atomic mass is 32.2. The van der Waals surface area contributed by atoms with Crippen LogP contribution in [0.15, 0.2) is 46.0 Å². The summed E-state index contributed by atoms with van der Waals surface area (Å²) < 4.78 is 14.3. The van der Waals surface area contributed by atoms with Crippen molar-refractivity contribution in [2.45, 2.75) is 59.6 Å². The summed E-state index contributed by atoms with van der Waals surface area (Å²) in [4.78, 5) is 0. The summed E-state index contributed by atoms with van der Waals surface area (Å²) >= 11 is 3.88. The maximum absolute atomic E-state index is 11.4. The van der Waals surface area contributed by atoms with Gasteiger partial charge < -0.3 is 40.1 Å². The first-order valence-electron chi connectivity index (χ1n) is 12.7. The third kappa shape index (κ3) is 5.48. The zero-order valence-electron chi connectivity index (χ0n) is 21.2. The van der Waals surface area contributed by atoms with Gasteiger partial charge in [0.25, 0.3) is 0 Å². The van der Waals surface area contributed by atoms with Crippen LogP contribution in [0.25, 0.3) is 22.5 Å². The molecule has 0 aliphatic carbocycles. The molecule has 10 atom stereocenters. The first-order valence-corrected chi connectivity index (χ1v) is 15.5. The van der Waals surface area contributed by atoms with Crippen molar-refractivity contribution in [1.82, 2.24) is 30.0 Å². The summed E-state index contributed by atoms with van der Waals surface area (Å²) in [7, 11) is 0. The van der Waals surface area contributed by atoms with E-state index in [0.717, 1.165) is 22.9 Å². The molecule has 6 N–H and O–H groups in total. The Balaban J connectivity index is 1.25. The van der Waals surface area contributed by atoms with E-state index >= 15 is 0 Å². The van der Waals surface area contributed by atoms with Crippen LogP contribution >= 0.6 is 34.4 Å². The van der Waals surface area contributed by atoms with Crippen LogP contribution in [-0.2, 0) is 9.47 Å². The van der Waals surface area contributed by atoms with Crippen LogP contribution in [0.3, 0.4) is 0 Å². The Kier molecular flexibility index (Phi) is 8.53. The van der Waals surface area contributed by atoms with E-state index in [0.29, 0.717) is 11.4 Å². The summed E-state index contributed by atoms with van der Waals surface area (Å²) in [6.07, 6.45) is -4.39. The van der Waals surface area contributed by atoms with E-state index in [-0.39, 0.29) is 0 Å². The molecule has 41 heavy (non-hydrogen) atoms. The molecular formula is C24H28N6O8S3. The van der Waals surface area contributed by atoms with E-state index in [9.17, 15) is 30.6 Å². The minimum absolute atomic E-state index is 0.546. The SMILES string of the molecule is OC[C@H]1O[C@@H](S[C@@H]2O[C@H](CO)[C@H](O)[C@H](n3cc(-c4ccsc4)nn3)[C@H]2O)[C@H](O)[C@@H](n2cc(-c3ccsc3)nn2)[C@H]1O. The summed E-state index contributed by atoms with van der Waals surface area (Å²) in [5.74, 6) is 0. The van der Waals surface area contributed by atoms with Gasteiger partial charge in [-0.25, -0.2) is 9.36 Å². The summed E-state index contributed by atoms with van der Waals surface area (Å²) in [6, 6.07) is 1.65. The minimum Gasteiger partial charge on any atom is -0.394 e. The van der Waals surface area contributed by atoms with Crippen LogP contribution in [-0.4, -0.2) is 121 Å². The minimum atomic E-state index is -1.37. The van der Waals surface area contributed by atoms with Crippen molar-refractivity contribution in [1.29, 1.82) is 0 Å². The van der Waals surface area contributed by atoms with Crippen LogP contribution in [0.1, 0.15) is 12.1 Å². The molecule has 4 aromatic rings. The van der Waals surface area contributed by atoms with Crippen LogP contribution in [0, 0.1) is 0 Å². The zero-order valence-corrected chi connectivity index (χ0v) is 23.7. The van der Waals surface area contributed by atoms with E-state index in [4.69, 9.17) is 9.47 Å². The quantitative estimate of drug-likeness (QED) is 0.150. The number of aliphatic hydroxyl groups excluding tert-OH is 6. The molecule has 0 amide bonds. The Morgan fingerprint density at radius 3 is 1.51 bits per heavy atom. The maximum Gasteiger partial charge on any atom is 0.134 e. The smallest absolute Gasteiger partial charge is 0.134 e. The molecule has 6 heterocycles. The fraction of sp³-hybridized carbons (Fsp3) is 0.500. The molecule has 6 rings (SSSR count). The zero-order chi connectivity index (χ0) is 28.7. The molecule has 0 bridgehead atoms. The maximum atomic E-state index is 11.4. The number of thiophene rings is 2. The predicted molar refractivity (Wildman–Crippen MR) is 148 cm³/mol. The molecule has 220 valence electrons. The number of aliphatic hydroxyl groups is 6. The van der Waals surface area contributed by atoms with Gasteiger partial charge in [-0.2, -0.15) is 22.7 Å². The van der Waals surface area contributed by atoms with Gasteiger partial charge in [0, 0.05) is 21.9 Å². The topological polar surface area (TPSA) is 201 Å². The molecule has 0 spiro atoms. The molecule has 2 fully saturated rings. The van der Waals surface area contributed by atoms with Gasteiger partial charge in [0.15, 0.2) is 0 Å². The lowest BCUT2D eigenvalue weighted by Gasteiger charge is -2.46. The molecule has 14 nitrogen and oxygen atoms in total. The normalized spacial score (nSPS) is 34.2. The first kappa shape index (κ1) is 28.8. The second-order valence-electron chi connectivity index (χ2n) is 9.72. The molecule has 4 aromatic heterocycles. The Morgan fingerprint density at radius 1 is 0.707 bits per heavy atom. The Bertz CT molecular complexity index is 1300. The van der Waals surface area contributed by atoms with Crippen molar-refractivity contribution in [3.05, 3.63) is 46.0 Å². The molecule has 0 saturated carbocycles. The standard InChI is InChI=1S/C24H28N6O8S3/c31-7-15-19(33)17(29-5-13(25-27-29)11-1-3-39-9-11)21(35)23(37-15)41-24-22(36)18(20(34)16(8-32)38-24)30-6-14(26-28-30)12-2-4-40-10-12/h1-6,9-10,15-24,31-36H,7-8H2/t15-,16-,17+,18+,19+,20+,21-,22-,23+,24+/m1/s1. The van der Waals surface area contributed by atoms with Crippen LogP contribution in [0.4, 0.5) is 0 Å². The van der Waals surface area contributed by atoms with Crippen molar-refractivity contribution in [3.63, 3.8) is 0 Å². The highest BCUT2D eigenvalue weighted by Crippen LogP contribution is 2.42. The number of nitrogens with zero attached hydrogens (tertiary/aromatic N) is 6. The molecule has 0 unspecified atom stereocenters. The predicted octanol–water partition coefficient (Wildman–Crippen LogP) is -0.280. The fourth-order valence-electron chi connectivity index (χ4n) is 5.05. The average Bonchev–Trinajstić information content (AvgIpc) is 3.79. The van der Waals surface area contributed by atoms with Crippen molar-refractivity contribution >= 4 is 34.4 Å². The lowest BCUT2D eigenvalue weighted by Crippen LogP contribution is -2.58. The Labute approximate surface area is 245 Å². The van der Waals surface area contributed by atoms with Gasteiger partial charge in [0.2, 0.25) is 0 Å². The number of ether oxygens (including phenoxy) is 2. The molecular weight excluding hydrogens is 596 g/mol. The third-order valence-corrected chi connectivity index (χ3v) is 9.91. The van der Waals surface area contributed by atoms with E-state index in [1.54, 1.807) is 12.4 Å². The Hall–Kier alpha value is -2.29. The van der Waals surface area contributed by atoms with Gasteiger partial charge in [-0.05, 0) is 22.9 Å². The highest BCUT2D eigenvalue weighted by molar-refractivity contribution is 8.00. The lowest BCUT2D eigenvalue weighted by molar-refractivity contribution is -0.189. The van der Waals surface area contributed by atoms with E-state index in [1.165, 1.54) is 32.0 Å². The van der Waals surface area contributed by atoms with Crippen LogP contribution in [0.5, 0.6) is 0 Å². The van der Waals surface area contributed by atoms with Crippen molar-refractivity contribution in [3.8, 4) is 22.5 Å². The largest absolute Gasteiger partial charge is 0.394 e. The molecule has 2 saturated heterocycles. The second-order valence-corrected chi connectivity index (χ2v) is 12.5. The number of rotatable bonds is 8.